The van der Waals surface area contributed by atoms with E-state index in [4.69, 9.17) is 15.2 Å². The quantitative estimate of drug-likeness (QED) is 0.895. The number of rotatable bonds is 4. The van der Waals surface area contributed by atoms with Crippen molar-refractivity contribution in [1.29, 1.82) is 0 Å². The SMILES string of the molecule is COc1ccc2ccc(N3CCO[C@H](CC(N)=O)C3=O)cc2n1.Cl. The molecule has 0 spiro atoms. The Morgan fingerprint density at radius 2 is 2.17 bits per heavy atom. The summed E-state index contributed by atoms with van der Waals surface area (Å²) in [7, 11) is 1.55. The van der Waals surface area contributed by atoms with Crippen LogP contribution in [0.3, 0.4) is 0 Å². The Morgan fingerprint density at radius 3 is 2.88 bits per heavy atom. The molecule has 1 aromatic heterocycles. The van der Waals surface area contributed by atoms with Crippen LogP contribution >= 0.6 is 12.4 Å². The standard InChI is InChI=1S/C16H17N3O4.ClH/c1-22-15-5-3-10-2-4-11(8-12(10)18-15)19-6-7-23-13(16(19)21)9-14(17)20;/h2-5,8,13H,6-7,9H2,1H3,(H2,17,20);1H/t13-;/m1./s1. The Kier molecular flexibility index (Phi) is 5.58. The highest BCUT2D eigenvalue weighted by molar-refractivity contribution is 6.00. The van der Waals surface area contributed by atoms with E-state index in [2.05, 4.69) is 4.98 Å². The molecule has 2 heterocycles. The first-order valence-corrected chi connectivity index (χ1v) is 7.24. The monoisotopic (exact) mass is 351 g/mol. The number of ether oxygens (including phenoxy) is 2. The van der Waals surface area contributed by atoms with Crippen molar-refractivity contribution in [1.82, 2.24) is 4.98 Å². The van der Waals surface area contributed by atoms with Crippen LogP contribution in [-0.4, -0.2) is 43.2 Å². The number of aromatic nitrogens is 1. The van der Waals surface area contributed by atoms with Crippen molar-refractivity contribution in [2.45, 2.75) is 12.5 Å². The van der Waals surface area contributed by atoms with Crippen LogP contribution in [0.15, 0.2) is 30.3 Å². The molecule has 0 saturated carbocycles. The molecule has 1 aliphatic heterocycles. The van der Waals surface area contributed by atoms with Gasteiger partial charge in [-0.05, 0) is 18.2 Å². The van der Waals surface area contributed by atoms with E-state index in [0.29, 0.717) is 24.7 Å². The highest BCUT2D eigenvalue weighted by atomic mass is 35.5. The number of pyridine rings is 1. The Morgan fingerprint density at radius 1 is 1.42 bits per heavy atom. The number of primary amides is 1. The number of amides is 2. The van der Waals surface area contributed by atoms with E-state index in [1.165, 1.54) is 0 Å². The van der Waals surface area contributed by atoms with Crippen LogP contribution in [0.4, 0.5) is 5.69 Å². The predicted octanol–water partition coefficient (Wildman–Crippen LogP) is 1.27. The van der Waals surface area contributed by atoms with Crippen LogP contribution in [0.2, 0.25) is 0 Å². The van der Waals surface area contributed by atoms with Crippen molar-refractivity contribution in [3.05, 3.63) is 30.3 Å². The van der Waals surface area contributed by atoms with Crippen LogP contribution in [0.5, 0.6) is 5.88 Å². The molecule has 1 aromatic carbocycles. The van der Waals surface area contributed by atoms with Gasteiger partial charge >= 0.3 is 0 Å². The molecular weight excluding hydrogens is 334 g/mol. The minimum absolute atomic E-state index is 0. The number of anilines is 1. The molecule has 0 radical (unpaired) electrons. The molecule has 0 unspecified atom stereocenters. The third-order valence-electron chi connectivity index (χ3n) is 3.73. The fraction of sp³-hybridized carbons (Fsp3) is 0.312. The minimum atomic E-state index is -0.824. The predicted molar refractivity (Wildman–Crippen MR) is 91.4 cm³/mol. The molecule has 24 heavy (non-hydrogen) atoms. The molecule has 7 nitrogen and oxygen atoms in total. The summed E-state index contributed by atoms with van der Waals surface area (Å²) in [6, 6.07) is 9.25. The van der Waals surface area contributed by atoms with E-state index in [-0.39, 0.29) is 24.7 Å². The van der Waals surface area contributed by atoms with Gasteiger partial charge in [-0.3, -0.25) is 9.59 Å². The van der Waals surface area contributed by atoms with Gasteiger partial charge in [-0.15, -0.1) is 12.4 Å². The number of nitrogens with two attached hydrogens (primary N) is 1. The van der Waals surface area contributed by atoms with Crippen molar-refractivity contribution in [3.8, 4) is 5.88 Å². The van der Waals surface area contributed by atoms with E-state index in [1.807, 2.05) is 24.3 Å². The Labute approximate surface area is 145 Å². The maximum Gasteiger partial charge on any atom is 0.256 e. The van der Waals surface area contributed by atoms with Gasteiger partial charge in [0.15, 0.2) is 0 Å². The highest BCUT2D eigenvalue weighted by Crippen LogP contribution is 2.25. The Balaban J connectivity index is 0.00000208. The molecule has 128 valence electrons. The number of morpholine rings is 1. The first-order chi connectivity index (χ1) is 11.1. The maximum atomic E-state index is 12.5. The van der Waals surface area contributed by atoms with Gasteiger partial charge in [0.1, 0.15) is 6.10 Å². The topological polar surface area (TPSA) is 94.7 Å². The van der Waals surface area contributed by atoms with Crippen molar-refractivity contribution in [2.24, 2.45) is 5.73 Å². The molecule has 2 aromatic rings. The molecule has 2 amide bonds. The highest BCUT2D eigenvalue weighted by Gasteiger charge is 2.31. The molecule has 1 fully saturated rings. The molecule has 0 aliphatic carbocycles. The van der Waals surface area contributed by atoms with E-state index in [9.17, 15) is 9.59 Å². The average Bonchev–Trinajstić information content (AvgIpc) is 2.55. The van der Waals surface area contributed by atoms with E-state index < -0.39 is 12.0 Å². The van der Waals surface area contributed by atoms with Crippen LogP contribution < -0.4 is 15.4 Å². The summed E-state index contributed by atoms with van der Waals surface area (Å²) >= 11 is 0. The van der Waals surface area contributed by atoms with Crippen LogP contribution in [0.25, 0.3) is 10.9 Å². The Hall–Kier alpha value is -2.38. The normalized spacial score (nSPS) is 17.5. The van der Waals surface area contributed by atoms with Gasteiger partial charge in [0.25, 0.3) is 5.91 Å². The first-order valence-electron chi connectivity index (χ1n) is 7.24. The van der Waals surface area contributed by atoms with Crippen LogP contribution in [0, 0.1) is 0 Å². The summed E-state index contributed by atoms with van der Waals surface area (Å²) in [4.78, 5) is 29.5. The van der Waals surface area contributed by atoms with Crippen LogP contribution in [0.1, 0.15) is 6.42 Å². The van der Waals surface area contributed by atoms with Gasteiger partial charge < -0.3 is 20.1 Å². The van der Waals surface area contributed by atoms with E-state index in [1.54, 1.807) is 18.1 Å². The smallest absolute Gasteiger partial charge is 0.256 e. The molecule has 1 saturated heterocycles. The number of fused-ring (bicyclic) bond motifs is 1. The maximum absolute atomic E-state index is 12.5. The molecule has 1 aliphatic rings. The lowest BCUT2D eigenvalue weighted by Crippen LogP contribution is -2.49. The summed E-state index contributed by atoms with van der Waals surface area (Å²) < 4.78 is 10.5. The summed E-state index contributed by atoms with van der Waals surface area (Å²) in [5.74, 6) is -0.318. The number of hydrogen-bond acceptors (Lipinski definition) is 5. The third-order valence-corrected chi connectivity index (χ3v) is 3.73. The van der Waals surface area contributed by atoms with Gasteiger partial charge in [-0.2, -0.15) is 0 Å². The Bertz CT molecular complexity index is 768. The van der Waals surface area contributed by atoms with Crippen LogP contribution in [-0.2, 0) is 14.3 Å². The van der Waals surface area contributed by atoms with Crippen molar-refractivity contribution < 1.29 is 19.1 Å². The number of hydrogen-bond donors (Lipinski definition) is 1. The number of carbonyl (C=O) groups excluding carboxylic acids is 2. The molecule has 8 heteroatoms. The van der Waals surface area contributed by atoms with E-state index >= 15 is 0 Å². The number of nitrogens with zero attached hydrogens (tertiary/aromatic N) is 2. The van der Waals surface area contributed by atoms with E-state index in [0.717, 1.165) is 10.9 Å². The van der Waals surface area contributed by atoms with Gasteiger partial charge in [0, 0.05) is 23.7 Å². The molecule has 0 bridgehead atoms. The van der Waals surface area contributed by atoms with Gasteiger partial charge in [-0.25, -0.2) is 4.98 Å². The number of halogens is 1. The summed E-state index contributed by atoms with van der Waals surface area (Å²) in [5.41, 5.74) is 6.60. The second-order valence-electron chi connectivity index (χ2n) is 5.25. The van der Waals surface area contributed by atoms with Gasteiger partial charge in [-0.1, -0.05) is 6.07 Å². The zero-order valence-corrected chi connectivity index (χ0v) is 13.9. The fourth-order valence-electron chi connectivity index (χ4n) is 2.60. The molecule has 1 atom stereocenters. The van der Waals surface area contributed by atoms with Gasteiger partial charge in [0.05, 0.1) is 25.7 Å². The lowest BCUT2D eigenvalue weighted by molar-refractivity contribution is -0.138. The average molecular weight is 352 g/mol. The van der Waals surface area contributed by atoms with Crippen molar-refractivity contribution in [2.75, 3.05) is 25.2 Å². The summed E-state index contributed by atoms with van der Waals surface area (Å²) in [6.07, 6.45) is -0.940. The number of methoxy groups -OCH3 is 1. The summed E-state index contributed by atoms with van der Waals surface area (Å²) in [6.45, 7) is 0.775. The third kappa shape index (κ3) is 3.58. The fourth-order valence-corrected chi connectivity index (χ4v) is 2.60. The first kappa shape index (κ1) is 18.0. The molecular formula is C16H18ClN3O4. The largest absolute Gasteiger partial charge is 0.481 e. The zero-order valence-electron chi connectivity index (χ0n) is 13.1. The lowest BCUT2D eigenvalue weighted by atomic mass is 10.1. The second kappa shape index (κ2) is 7.46. The molecule has 3 rings (SSSR count). The number of carbonyl (C=O) groups is 2. The summed E-state index contributed by atoms with van der Waals surface area (Å²) in [5, 5.41) is 0.948. The lowest BCUT2D eigenvalue weighted by Gasteiger charge is -2.32. The second-order valence-corrected chi connectivity index (χ2v) is 5.25. The minimum Gasteiger partial charge on any atom is -0.481 e. The van der Waals surface area contributed by atoms with Crippen molar-refractivity contribution in [3.63, 3.8) is 0 Å². The number of benzene rings is 1. The zero-order chi connectivity index (χ0) is 16.4. The molecule has 2 N–H and O–H groups in total. The van der Waals surface area contributed by atoms with Gasteiger partial charge in [0.2, 0.25) is 11.8 Å². The van der Waals surface area contributed by atoms with Crippen molar-refractivity contribution >= 4 is 40.8 Å².